The molecule has 8 heteroatoms. The molecule has 1 N–H and O–H groups in total. The van der Waals surface area contributed by atoms with Crippen LogP contribution < -0.4 is 5.32 Å². The quantitative estimate of drug-likeness (QED) is 0.422. The number of likely N-dealkylation sites (tertiary alicyclic amines) is 1. The Morgan fingerprint density at radius 3 is 2.37 bits per heavy atom. The summed E-state index contributed by atoms with van der Waals surface area (Å²) in [6.07, 6.45) is 4.36. The summed E-state index contributed by atoms with van der Waals surface area (Å²) < 4.78 is 10.9. The standard InChI is InChI=1S/C27H31ClN2O5/c1-19-15-21(28)16-22(25(32)34-2)24(19)29-26(33)27(11-12-27)30(13-7-4-8-14-30)17-23(31)35-18-20-9-5-3-6-10-20/h3,5-6,9-10,15-16H,4,7-8,11-14,17-18H2,1-2H3/p+1. The van der Waals surface area contributed by atoms with Gasteiger partial charge in [0, 0.05) is 17.9 Å². The molecule has 4 rings (SSSR count). The topological polar surface area (TPSA) is 81.7 Å². The fourth-order valence-corrected chi connectivity index (χ4v) is 5.60. The number of hydrogen-bond donors (Lipinski definition) is 1. The van der Waals surface area contributed by atoms with Gasteiger partial charge in [-0.05, 0) is 49.4 Å². The molecule has 2 aromatic rings. The lowest BCUT2D eigenvalue weighted by Crippen LogP contribution is -2.66. The average Bonchev–Trinajstić information content (AvgIpc) is 3.68. The molecular formula is C27H32ClN2O5+. The number of esters is 2. The molecule has 1 aliphatic carbocycles. The summed E-state index contributed by atoms with van der Waals surface area (Å²) in [5, 5.41) is 3.40. The number of ether oxygens (including phenoxy) is 2. The molecule has 0 unspecified atom stereocenters. The van der Waals surface area contributed by atoms with Crippen LogP contribution in [0.25, 0.3) is 0 Å². The highest BCUT2D eigenvalue weighted by Crippen LogP contribution is 2.50. The van der Waals surface area contributed by atoms with Crippen LogP contribution in [0, 0.1) is 6.92 Å². The minimum atomic E-state index is -0.717. The van der Waals surface area contributed by atoms with Gasteiger partial charge < -0.3 is 19.3 Å². The van der Waals surface area contributed by atoms with E-state index in [2.05, 4.69) is 5.32 Å². The maximum Gasteiger partial charge on any atom is 0.362 e. The normalized spacial score (nSPS) is 17.8. The highest BCUT2D eigenvalue weighted by Gasteiger charge is 2.66. The first-order valence-electron chi connectivity index (χ1n) is 12.1. The van der Waals surface area contributed by atoms with Gasteiger partial charge >= 0.3 is 11.9 Å². The van der Waals surface area contributed by atoms with Crippen molar-refractivity contribution in [1.29, 1.82) is 0 Å². The molecule has 1 aliphatic heterocycles. The third kappa shape index (κ3) is 5.21. The van der Waals surface area contributed by atoms with Crippen LogP contribution in [0.2, 0.25) is 5.02 Å². The molecular weight excluding hydrogens is 468 g/mol. The van der Waals surface area contributed by atoms with E-state index in [1.54, 1.807) is 13.0 Å². The van der Waals surface area contributed by atoms with Crippen LogP contribution >= 0.6 is 11.6 Å². The molecule has 2 aliphatic rings. The lowest BCUT2D eigenvalue weighted by Gasteiger charge is -2.46. The van der Waals surface area contributed by atoms with Gasteiger partial charge in [0.2, 0.25) is 0 Å². The number of hydrogen-bond acceptors (Lipinski definition) is 5. The summed E-state index contributed by atoms with van der Waals surface area (Å²) in [7, 11) is 1.29. The first-order valence-corrected chi connectivity index (χ1v) is 12.4. The largest absolute Gasteiger partial charge is 0.465 e. The number of methoxy groups -OCH3 is 1. The first-order chi connectivity index (χ1) is 16.8. The number of piperidine rings is 1. The fourth-order valence-electron chi connectivity index (χ4n) is 5.33. The van der Waals surface area contributed by atoms with Crippen molar-refractivity contribution in [2.24, 2.45) is 0 Å². The maximum absolute atomic E-state index is 13.8. The molecule has 186 valence electrons. The number of rotatable bonds is 8. The molecule has 1 heterocycles. The van der Waals surface area contributed by atoms with Crippen molar-refractivity contribution in [1.82, 2.24) is 0 Å². The minimum Gasteiger partial charge on any atom is -0.465 e. The van der Waals surface area contributed by atoms with Gasteiger partial charge in [-0.3, -0.25) is 4.79 Å². The molecule has 0 atom stereocenters. The van der Waals surface area contributed by atoms with Crippen molar-refractivity contribution in [2.45, 2.75) is 51.2 Å². The van der Waals surface area contributed by atoms with Gasteiger partial charge in [-0.25, -0.2) is 9.59 Å². The number of amides is 1. The summed E-state index contributed by atoms with van der Waals surface area (Å²) >= 11 is 6.16. The van der Waals surface area contributed by atoms with Gasteiger partial charge in [-0.2, -0.15) is 0 Å². The number of carbonyl (C=O) groups is 3. The van der Waals surface area contributed by atoms with E-state index in [0.29, 0.717) is 33.6 Å². The first kappa shape index (κ1) is 25.2. The molecule has 0 radical (unpaired) electrons. The molecule has 35 heavy (non-hydrogen) atoms. The lowest BCUT2D eigenvalue weighted by molar-refractivity contribution is -0.950. The van der Waals surface area contributed by atoms with Crippen LogP contribution in [-0.2, 0) is 25.7 Å². The van der Waals surface area contributed by atoms with E-state index in [0.717, 1.165) is 37.9 Å². The Labute approximate surface area is 210 Å². The van der Waals surface area contributed by atoms with Gasteiger partial charge in [0.05, 0.1) is 31.5 Å². The zero-order valence-electron chi connectivity index (χ0n) is 20.3. The Bertz CT molecular complexity index is 1110. The Balaban J connectivity index is 1.56. The van der Waals surface area contributed by atoms with Crippen LogP contribution in [0.5, 0.6) is 0 Å². The smallest absolute Gasteiger partial charge is 0.362 e. The summed E-state index contributed by atoms with van der Waals surface area (Å²) in [5.41, 5.74) is 1.51. The van der Waals surface area contributed by atoms with Crippen molar-refractivity contribution in [3.63, 3.8) is 0 Å². The molecule has 0 bridgehead atoms. The van der Waals surface area contributed by atoms with Gasteiger partial charge in [0.25, 0.3) is 5.91 Å². The third-order valence-electron chi connectivity index (χ3n) is 7.35. The van der Waals surface area contributed by atoms with Gasteiger partial charge in [0.1, 0.15) is 6.61 Å². The molecule has 0 spiro atoms. The van der Waals surface area contributed by atoms with E-state index >= 15 is 0 Å². The monoisotopic (exact) mass is 499 g/mol. The number of aryl methyl sites for hydroxylation is 1. The minimum absolute atomic E-state index is 0.156. The molecule has 1 saturated heterocycles. The molecule has 1 amide bonds. The number of nitrogens with zero attached hydrogens (tertiary/aromatic N) is 1. The maximum atomic E-state index is 13.8. The van der Waals surface area contributed by atoms with Crippen LogP contribution in [0.1, 0.15) is 53.6 Å². The van der Waals surface area contributed by atoms with E-state index in [-0.39, 0.29) is 30.6 Å². The van der Waals surface area contributed by atoms with Crippen molar-refractivity contribution in [3.05, 3.63) is 64.2 Å². The second-order valence-electron chi connectivity index (χ2n) is 9.58. The number of anilines is 1. The van der Waals surface area contributed by atoms with Crippen molar-refractivity contribution >= 4 is 35.1 Å². The van der Waals surface area contributed by atoms with Crippen LogP contribution in [0.3, 0.4) is 0 Å². The van der Waals surface area contributed by atoms with Crippen molar-refractivity contribution < 1.29 is 28.3 Å². The predicted molar refractivity (Wildman–Crippen MR) is 133 cm³/mol. The third-order valence-corrected chi connectivity index (χ3v) is 7.56. The van der Waals surface area contributed by atoms with Gasteiger partial charge in [0.15, 0.2) is 12.1 Å². The zero-order chi connectivity index (χ0) is 25.1. The summed E-state index contributed by atoms with van der Waals surface area (Å²) in [6.45, 7) is 3.66. The van der Waals surface area contributed by atoms with Crippen molar-refractivity contribution in [3.8, 4) is 0 Å². The average molecular weight is 500 g/mol. The highest BCUT2D eigenvalue weighted by atomic mass is 35.5. The molecule has 0 aromatic heterocycles. The second-order valence-corrected chi connectivity index (χ2v) is 10.0. The second kappa shape index (κ2) is 10.4. The predicted octanol–water partition coefficient (Wildman–Crippen LogP) is 4.65. The van der Waals surface area contributed by atoms with E-state index < -0.39 is 11.5 Å². The number of nitrogens with one attached hydrogen (secondary N) is 1. The van der Waals surface area contributed by atoms with E-state index in [1.165, 1.54) is 13.2 Å². The van der Waals surface area contributed by atoms with E-state index in [1.807, 2.05) is 30.3 Å². The zero-order valence-corrected chi connectivity index (χ0v) is 21.0. The fraction of sp³-hybridized carbons (Fsp3) is 0.444. The van der Waals surface area contributed by atoms with E-state index in [4.69, 9.17) is 21.1 Å². The Kier molecular flexibility index (Phi) is 7.47. The Morgan fingerprint density at radius 2 is 1.74 bits per heavy atom. The van der Waals surface area contributed by atoms with Gasteiger partial charge in [-0.1, -0.05) is 41.9 Å². The molecule has 2 fully saturated rings. The summed E-state index contributed by atoms with van der Waals surface area (Å²) in [6, 6.07) is 12.8. The molecule has 1 saturated carbocycles. The summed E-state index contributed by atoms with van der Waals surface area (Å²) in [5.74, 6) is -1.04. The molecule has 7 nitrogen and oxygen atoms in total. The number of halogens is 1. The number of benzene rings is 2. The highest BCUT2D eigenvalue weighted by molar-refractivity contribution is 6.31. The van der Waals surface area contributed by atoms with Gasteiger partial charge in [-0.15, -0.1) is 0 Å². The SMILES string of the molecule is COC(=O)c1cc(Cl)cc(C)c1NC(=O)C1([N+]2(CC(=O)OCc3ccccc3)CCCCC2)CC1. The summed E-state index contributed by atoms with van der Waals surface area (Å²) in [4.78, 5) is 39.2. The molecule has 2 aromatic carbocycles. The van der Waals surface area contributed by atoms with Crippen LogP contribution in [0.15, 0.2) is 42.5 Å². The number of carbonyl (C=O) groups excluding carboxylic acids is 3. The van der Waals surface area contributed by atoms with Crippen LogP contribution in [0.4, 0.5) is 5.69 Å². The van der Waals surface area contributed by atoms with Crippen molar-refractivity contribution in [2.75, 3.05) is 32.1 Å². The Hall–Kier alpha value is -2.90. The lowest BCUT2D eigenvalue weighted by atomic mass is 9.99. The Morgan fingerprint density at radius 1 is 1.06 bits per heavy atom. The van der Waals surface area contributed by atoms with E-state index in [9.17, 15) is 14.4 Å². The number of quaternary nitrogens is 1. The van der Waals surface area contributed by atoms with Crippen LogP contribution in [-0.4, -0.2) is 54.6 Å².